The highest BCUT2D eigenvalue weighted by Gasteiger charge is 2.34. The Labute approximate surface area is 123 Å². The van der Waals surface area contributed by atoms with Gasteiger partial charge in [-0.15, -0.1) is 0 Å². The summed E-state index contributed by atoms with van der Waals surface area (Å²) in [6, 6.07) is 2.57. The number of aromatic nitrogens is 1. The molecule has 0 saturated carbocycles. The van der Waals surface area contributed by atoms with E-state index in [0.29, 0.717) is 6.42 Å². The highest BCUT2D eigenvalue weighted by molar-refractivity contribution is 5.95. The molecule has 1 aliphatic rings. The number of nitrogens with zero attached hydrogens (tertiary/aromatic N) is 2. The Morgan fingerprint density at radius 1 is 1.45 bits per heavy atom. The molecule has 2 heterocycles. The van der Waals surface area contributed by atoms with Crippen molar-refractivity contribution >= 4 is 11.9 Å². The molecule has 120 valence electrons. The molecular formula is C13H13F3N2O4. The molecule has 0 radical (unpaired) electrons. The fraction of sp³-hybridized carbons (Fsp3) is 0.462. The lowest BCUT2D eigenvalue weighted by Crippen LogP contribution is -2.31. The molecule has 0 bridgehead atoms. The predicted molar refractivity (Wildman–Crippen MR) is 67.4 cm³/mol. The van der Waals surface area contributed by atoms with Gasteiger partial charge in [0.1, 0.15) is 0 Å². The summed E-state index contributed by atoms with van der Waals surface area (Å²) in [5.74, 6) is -2.60. The molecule has 0 aromatic carbocycles. The molecular weight excluding hydrogens is 305 g/mol. The zero-order valence-electron chi connectivity index (χ0n) is 11.3. The maximum atomic E-state index is 12.3. The van der Waals surface area contributed by atoms with Gasteiger partial charge in [0, 0.05) is 19.3 Å². The van der Waals surface area contributed by atoms with E-state index in [1.165, 1.54) is 23.2 Å². The molecule has 0 unspecified atom stereocenters. The van der Waals surface area contributed by atoms with Crippen LogP contribution in [0.15, 0.2) is 18.3 Å². The average molecular weight is 318 g/mol. The number of aliphatic carboxylic acids is 1. The van der Waals surface area contributed by atoms with E-state index in [4.69, 9.17) is 5.11 Å². The summed E-state index contributed by atoms with van der Waals surface area (Å²) < 4.78 is 41.2. The Bertz CT molecular complexity index is 577. The third-order valence-corrected chi connectivity index (χ3v) is 3.19. The van der Waals surface area contributed by atoms with Crippen molar-refractivity contribution in [3.63, 3.8) is 0 Å². The average Bonchev–Trinajstić information content (AvgIpc) is 2.94. The van der Waals surface area contributed by atoms with Gasteiger partial charge in [-0.25, -0.2) is 4.98 Å². The molecule has 1 N–H and O–H groups in total. The third kappa shape index (κ3) is 3.86. The molecule has 1 amide bonds. The lowest BCUT2D eigenvalue weighted by Gasteiger charge is -2.17. The molecule has 6 nitrogen and oxygen atoms in total. The molecule has 22 heavy (non-hydrogen) atoms. The second-order valence-corrected chi connectivity index (χ2v) is 4.83. The van der Waals surface area contributed by atoms with Gasteiger partial charge in [0.15, 0.2) is 18.1 Å². The van der Waals surface area contributed by atoms with Crippen molar-refractivity contribution in [2.45, 2.75) is 12.6 Å². The summed E-state index contributed by atoms with van der Waals surface area (Å²) in [5, 5.41) is 8.91. The molecule has 0 aliphatic carbocycles. The normalized spacial score (nSPS) is 18.3. The van der Waals surface area contributed by atoms with Crippen LogP contribution in [-0.4, -0.2) is 52.7 Å². The number of carbonyl (C=O) groups is 2. The van der Waals surface area contributed by atoms with Crippen molar-refractivity contribution in [1.29, 1.82) is 0 Å². The van der Waals surface area contributed by atoms with Crippen molar-refractivity contribution in [2.75, 3.05) is 19.7 Å². The van der Waals surface area contributed by atoms with E-state index in [0.717, 1.165) is 0 Å². The second kappa shape index (κ2) is 6.20. The minimum absolute atomic E-state index is 0.00342. The molecule has 2 rings (SSSR count). The molecule has 9 heteroatoms. The van der Waals surface area contributed by atoms with E-state index in [9.17, 15) is 22.8 Å². The van der Waals surface area contributed by atoms with Crippen molar-refractivity contribution < 1.29 is 32.6 Å². The van der Waals surface area contributed by atoms with Crippen molar-refractivity contribution in [1.82, 2.24) is 9.88 Å². The topological polar surface area (TPSA) is 79.7 Å². The molecule has 1 fully saturated rings. The number of hydrogen-bond donors (Lipinski definition) is 1. The third-order valence-electron chi connectivity index (χ3n) is 3.19. The zero-order valence-corrected chi connectivity index (χ0v) is 11.3. The van der Waals surface area contributed by atoms with E-state index in [-0.39, 0.29) is 24.5 Å². The maximum Gasteiger partial charge on any atom is 0.422 e. The number of carboxylic acids is 1. The number of rotatable bonds is 4. The largest absolute Gasteiger partial charge is 0.482 e. The van der Waals surface area contributed by atoms with E-state index < -0.39 is 30.6 Å². The summed E-state index contributed by atoms with van der Waals surface area (Å²) in [4.78, 5) is 28.2. The monoisotopic (exact) mass is 318 g/mol. The van der Waals surface area contributed by atoms with Crippen LogP contribution < -0.4 is 4.74 Å². The summed E-state index contributed by atoms with van der Waals surface area (Å²) in [6.07, 6.45) is -2.97. The summed E-state index contributed by atoms with van der Waals surface area (Å²) in [5.41, 5.74) is -0.252. The van der Waals surface area contributed by atoms with Crippen molar-refractivity contribution in [3.8, 4) is 5.75 Å². The van der Waals surface area contributed by atoms with Crippen molar-refractivity contribution in [2.24, 2.45) is 5.92 Å². The van der Waals surface area contributed by atoms with Crippen LogP contribution in [0.1, 0.15) is 16.9 Å². The van der Waals surface area contributed by atoms with Gasteiger partial charge in [0.2, 0.25) is 0 Å². The van der Waals surface area contributed by atoms with Gasteiger partial charge in [-0.2, -0.15) is 13.2 Å². The molecule has 1 aliphatic heterocycles. The number of hydrogen-bond acceptors (Lipinski definition) is 4. The number of likely N-dealkylation sites (tertiary alicyclic amines) is 1. The molecule has 1 saturated heterocycles. The van der Waals surface area contributed by atoms with Gasteiger partial charge in [-0.3, -0.25) is 9.59 Å². The van der Waals surface area contributed by atoms with Crippen LogP contribution in [0.4, 0.5) is 13.2 Å². The quantitative estimate of drug-likeness (QED) is 0.911. The zero-order chi connectivity index (χ0) is 16.3. The van der Waals surface area contributed by atoms with Gasteiger partial charge in [-0.05, 0) is 18.6 Å². The number of amides is 1. The number of pyridine rings is 1. The number of halogens is 3. The number of carbonyl (C=O) groups excluding carboxylic acids is 1. The first-order valence-electron chi connectivity index (χ1n) is 6.44. The molecule has 0 spiro atoms. The van der Waals surface area contributed by atoms with Gasteiger partial charge in [-0.1, -0.05) is 0 Å². The van der Waals surface area contributed by atoms with Crippen LogP contribution in [0.3, 0.4) is 0 Å². The van der Waals surface area contributed by atoms with E-state index >= 15 is 0 Å². The van der Waals surface area contributed by atoms with Gasteiger partial charge in [0.25, 0.3) is 5.91 Å². The van der Waals surface area contributed by atoms with Crippen molar-refractivity contribution in [3.05, 3.63) is 24.0 Å². The first kappa shape index (κ1) is 16.1. The van der Waals surface area contributed by atoms with Gasteiger partial charge < -0.3 is 14.7 Å². The number of carboxylic acid groups (broad SMARTS) is 1. The highest BCUT2D eigenvalue weighted by Crippen LogP contribution is 2.24. The van der Waals surface area contributed by atoms with Crippen LogP contribution in [0.25, 0.3) is 0 Å². The minimum atomic E-state index is -4.53. The Morgan fingerprint density at radius 3 is 2.77 bits per heavy atom. The fourth-order valence-electron chi connectivity index (χ4n) is 2.12. The molecule has 1 aromatic heterocycles. The maximum absolute atomic E-state index is 12.3. The van der Waals surface area contributed by atoms with Crippen LogP contribution in [0, 0.1) is 5.92 Å². The van der Waals surface area contributed by atoms with E-state index in [2.05, 4.69) is 9.72 Å². The minimum Gasteiger partial charge on any atom is -0.482 e. The molecule has 1 atom stereocenters. The van der Waals surface area contributed by atoms with Gasteiger partial charge in [0.05, 0.1) is 5.92 Å². The number of ether oxygens (including phenoxy) is 1. The predicted octanol–water partition coefficient (Wildman–Crippen LogP) is 1.57. The Hall–Kier alpha value is -2.32. The summed E-state index contributed by atoms with van der Waals surface area (Å²) in [6.45, 7) is -1.31. The lowest BCUT2D eigenvalue weighted by molar-refractivity contribution is -0.153. The standard InChI is InChI=1S/C13H13F3N2O4/c14-13(15,16)7-22-9-2-1-4-17-10(9)11(19)18-5-3-8(6-18)12(20)21/h1-2,4,8H,3,5-7H2,(H,20,21)/t8-/m1/s1. The summed E-state index contributed by atoms with van der Waals surface area (Å²) in [7, 11) is 0. The highest BCUT2D eigenvalue weighted by atomic mass is 19.4. The summed E-state index contributed by atoms with van der Waals surface area (Å²) >= 11 is 0. The van der Waals surface area contributed by atoms with E-state index in [1.807, 2.05) is 0 Å². The SMILES string of the molecule is O=C(O)[C@@H]1CCN(C(=O)c2ncccc2OCC(F)(F)F)C1. The van der Waals surface area contributed by atoms with Crippen LogP contribution >= 0.6 is 0 Å². The molecule has 1 aromatic rings. The van der Waals surface area contributed by atoms with Crippen LogP contribution in [0.2, 0.25) is 0 Å². The smallest absolute Gasteiger partial charge is 0.422 e. The van der Waals surface area contributed by atoms with E-state index in [1.54, 1.807) is 0 Å². The Kier molecular flexibility index (Phi) is 4.53. The number of alkyl halides is 3. The van der Waals surface area contributed by atoms with Crippen LogP contribution in [0.5, 0.6) is 5.75 Å². The van der Waals surface area contributed by atoms with Gasteiger partial charge >= 0.3 is 12.1 Å². The second-order valence-electron chi connectivity index (χ2n) is 4.83. The lowest BCUT2D eigenvalue weighted by atomic mass is 10.1. The fourth-order valence-corrected chi connectivity index (χ4v) is 2.12. The van der Waals surface area contributed by atoms with Crippen LogP contribution in [-0.2, 0) is 4.79 Å². The first-order valence-corrected chi connectivity index (χ1v) is 6.44. The Balaban J connectivity index is 2.12. The Morgan fingerprint density at radius 2 is 2.18 bits per heavy atom. The first-order chi connectivity index (χ1) is 10.3.